The first kappa shape index (κ1) is 17.5. The van der Waals surface area contributed by atoms with E-state index in [-0.39, 0.29) is 37.0 Å². The molecule has 2 N–H and O–H groups in total. The Kier molecular flexibility index (Phi) is 5.81. The zero-order valence-electron chi connectivity index (χ0n) is 13.7. The minimum Gasteiger partial charge on any atom is -0.481 e. The third-order valence-corrected chi connectivity index (χ3v) is 4.64. The van der Waals surface area contributed by atoms with E-state index in [0.717, 1.165) is 0 Å². The van der Waals surface area contributed by atoms with Gasteiger partial charge in [0.05, 0.1) is 12.0 Å². The second kappa shape index (κ2) is 7.63. The van der Waals surface area contributed by atoms with Gasteiger partial charge in [0.25, 0.3) is 0 Å². The van der Waals surface area contributed by atoms with Gasteiger partial charge in [0.15, 0.2) is 0 Å². The highest BCUT2D eigenvalue weighted by Gasteiger charge is 2.39. The SMILES string of the molecule is CO[C@@H](C)CNC(=O)N1CCC(N2CC(C(=O)O)CC2=O)CC1. The minimum absolute atomic E-state index is 0.0355. The molecule has 0 aromatic rings. The van der Waals surface area contributed by atoms with Crippen LogP contribution in [-0.2, 0) is 14.3 Å². The summed E-state index contributed by atoms with van der Waals surface area (Å²) in [7, 11) is 1.60. The number of nitrogens with one attached hydrogen (secondary N) is 1. The molecule has 2 saturated heterocycles. The van der Waals surface area contributed by atoms with E-state index in [1.165, 1.54) is 0 Å². The number of urea groups is 1. The van der Waals surface area contributed by atoms with Gasteiger partial charge in [0.1, 0.15) is 0 Å². The number of nitrogens with zero attached hydrogens (tertiary/aromatic N) is 2. The van der Waals surface area contributed by atoms with Crippen LogP contribution < -0.4 is 5.32 Å². The number of ether oxygens (including phenoxy) is 1. The highest BCUT2D eigenvalue weighted by atomic mass is 16.5. The smallest absolute Gasteiger partial charge is 0.317 e. The Balaban J connectivity index is 1.79. The van der Waals surface area contributed by atoms with Crippen LogP contribution in [0, 0.1) is 5.92 Å². The van der Waals surface area contributed by atoms with Crippen molar-refractivity contribution in [1.29, 1.82) is 0 Å². The molecule has 2 aliphatic heterocycles. The highest BCUT2D eigenvalue weighted by Crippen LogP contribution is 2.25. The fraction of sp³-hybridized carbons (Fsp3) is 0.800. The second-order valence-corrected chi connectivity index (χ2v) is 6.24. The van der Waals surface area contributed by atoms with Crippen LogP contribution in [0.4, 0.5) is 4.79 Å². The zero-order chi connectivity index (χ0) is 17.0. The number of carbonyl (C=O) groups excluding carboxylic acids is 2. The fourth-order valence-electron chi connectivity index (χ4n) is 3.06. The van der Waals surface area contributed by atoms with Gasteiger partial charge in [0.2, 0.25) is 5.91 Å². The number of aliphatic carboxylic acids is 1. The average molecular weight is 327 g/mol. The van der Waals surface area contributed by atoms with E-state index in [0.29, 0.717) is 32.5 Å². The predicted octanol–water partition coefficient (Wildman–Crippen LogP) is 0.128. The molecule has 8 nitrogen and oxygen atoms in total. The number of hydrogen-bond acceptors (Lipinski definition) is 4. The largest absolute Gasteiger partial charge is 0.481 e. The number of rotatable bonds is 5. The normalized spacial score (nSPS) is 23.9. The van der Waals surface area contributed by atoms with Gasteiger partial charge in [-0.05, 0) is 19.8 Å². The zero-order valence-corrected chi connectivity index (χ0v) is 13.7. The molecule has 8 heteroatoms. The third kappa shape index (κ3) is 4.34. The Morgan fingerprint density at radius 3 is 2.57 bits per heavy atom. The molecular formula is C15H25N3O5. The van der Waals surface area contributed by atoms with Crippen LogP contribution in [0.25, 0.3) is 0 Å². The monoisotopic (exact) mass is 327 g/mol. The van der Waals surface area contributed by atoms with Crippen LogP contribution in [-0.4, -0.2) is 78.2 Å². The number of methoxy groups -OCH3 is 1. The Bertz CT molecular complexity index is 462. The maximum Gasteiger partial charge on any atom is 0.317 e. The number of likely N-dealkylation sites (tertiary alicyclic amines) is 2. The van der Waals surface area contributed by atoms with E-state index in [1.54, 1.807) is 16.9 Å². The van der Waals surface area contributed by atoms with Crippen molar-refractivity contribution in [2.75, 3.05) is 33.3 Å². The minimum atomic E-state index is -0.912. The number of amides is 3. The summed E-state index contributed by atoms with van der Waals surface area (Å²) in [4.78, 5) is 38.5. The van der Waals surface area contributed by atoms with Crippen LogP contribution in [0.15, 0.2) is 0 Å². The van der Waals surface area contributed by atoms with E-state index in [1.807, 2.05) is 6.92 Å². The van der Waals surface area contributed by atoms with E-state index in [4.69, 9.17) is 9.84 Å². The molecule has 0 aromatic carbocycles. The van der Waals surface area contributed by atoms with Crippen molar-refractivity contribution >= 4 is 17.9 Å². The van der Waals surface area contributed by atoms with E-state index in [9.17, 15) is 14.4 Å². The quantitative estimate of drug-likeness (QED) is 0.748. The Morgan fingerprint density at radius 1 is 1.39 bits per heavy atom. The van der Waals surface area contributed by atoms with Gasteiger partial charge >= 0.3 is 12.0 Å². The number of carboxylic acid groups (broad SMARTS) is 1. The number of piperidine rings is 1. The van der Waals surface area contributed by atoms with Crippen molar-refractivity contribution in [2.45, 2.75) is 38.3 Å². The van der Waals surface area contributed by atoms with Gasteiger partial charge in [-0.2, -0.15) is 0 Å². The van der Waals surface area contributed by atoms with Crippen molar-refractivity contribution in [3.8, 4) is 0 Å². The van der Waals surface area contributed by atoms with Crippen LogP contribution in [0.3, 0.4) is 0 Å². The van der Waals surface area contributed by atoms with Crippen molar-refractivity contribution in [3.05, 3.63) is 0 Å². The van der Waals surface area contributed by atoms with Gasteiger partial charge in [-0.25, -0.2) is 4.79 Å². The van der Waals surface area contributed by atoms with Gasteiger partial charge in [-0.3, -0.25) is 9.59 Å². The Labute approximate surface area is 135 Å². The molecule has 0 aliphatic carbocycles. The topological polar surface area (TPSA) is 99.2 Å². The molecule has 2 rings (SSSR count). The molecule has 2 fully saturated rings. The van der Waals surface area contributed by atoms with E-state index < -0.39 is 11.9 Å². The molecule has 0 bridgehead atoms. The van der Waals surface area contributed by atoms with Crippen molar-refractivity contribution < 1.29 is 24.2 Å². The summed E-state index contributed by atoms with van der Waals surface area (Å²) in [6, 6.07) is -0.0858. The average Bonchev–Trinajstić information content (AvgIpc) is 2.94. The summed E-state index contributed by atoms with van der Waals surface area (Å²) in [6.07, 6.45) is 1.42. The molecule has 0 aromatic heterocycles. The highest BCUT2D eigenvalue weighted by molar-refractivity contribution is 5.86. The summed E-state index contributed by atoms with van der Waals surface area (Å²) >= 11 is 0. The molecule has 0 spiro atoms. The molecule has 0 saturated carbocycles. The predicted molar refractivity (Wildman–Crippen MR) is 81.9 cm³/mol. The summed E-state index contributed by atoms with van der Waals surface area (Å²) in [5.41, 5.74) is 0. The Morgan fingerprint density at radius 2 is 2.04 bits per heavy atom. The third-order valence-electron chi connectivity index (χ3n) is 4.64. The van der Waals surface area contributed by atoms with Crippen LogP contribution in [0.1, 0.15) is 26.2 Å². The molecule has 2 aliphatic rings. The van der Waals surface area contributed by atoms with Crippen molar-refractivity contribution in [2.24, 2.45) is 5.92 Å². The fourth-order valence-corrected chi connectivity index (χ4v) is 3.06. The lowest BCUT2D eigenvalue weighted by molar-refractivity contribution is -0.141. The summed E-state index contributed by atoms with van der Waals surface area (Å²) in [6.45, 7) is 3.76. The van der Waals surface area contributed by atoms with E-state index in [2.05, 4.69) is 5.32 Å². The van der Waals surface area contributed by atoms with Crippen LogP contribution >= 0.6 is 0 Å². The lowest BCUT2D eigenvalue weighted by Crippen LogP contribution is -2.50. The molecule has 2 atom stereocenters. The Hall–Kier alpha value is -1.83. The number of carboxylic acids is 1. The molecule has 1 unspecified atom stereocenters. The van der Waals surface area contributed by atoms with Crippen LogP contribution in [0.2, 0.25) is 0 Å². The second-order valence-electron chi connectivity index (χ2n) is 6.24. The van der Waals surface area contributed by atoms with Crippen molar-refractivity contribution in [1.82, 2.24) is 15.1 Å². The maximum atomic E-state index is 12.1. The van der Waals surface area contributed by atoms with Crippen molar-refractivity contribution in [3.63, 3.8) is 0 Å². The molecular weight excluding hydrogens is 302 g/mol. The van der Waals surface area contributed by atoms with E-state index >= 15 is 0 Å². The first-order chi connectivity index (χ1) is 10.9. The van der Waals surface area contributed by atoms with Gasteiger partial charge in [-0.1, -0.05) is 0 Å². The first-order valence-electron chi connectivity index (χ1n) is 8.00. The summed E-state index contributed by atoms with van der Waals surface area (Å²) < 4.78 is 5.09. The van der Waals surface area contributed by atoms with Gasteiger partial charge in [0, 0.05) is 45.8 Å². The summed E-state index contributed by atoms with van der Waals surface area (Å²) in [5, 5.41) is 11.9. The van der Waals surface area contributed by atoms with Gasteiger partial charge < -0.3 is 25.0 Å². The molecule has 23 heavy (non-hydrogen) atoms. The lowest BCUT2D eigenvalue weighted by atomic mass is 10.0. The maximum absolute atomic E-state index is 12.1. The number of hydrogen-bond donors (Lipinski definition) is 2. The molecule has 3 amide bonds. The van der Waals surface area contributed by atoms with Crippen LogP contribution in [0.5, 0.6) is 0 Å². The lowest BCUT2D eigenvalue weighted by Gasteiger charge is -2.36. The molecule has 130 valence electrons. The molecule has 2 heterocycles. The summed E-state index contributed by atoms with van der Waals surface area (Å²) in [5.74, 6) is -1.60. The molecule has 0 radical (unpaired) electrons. The standard InChI is InChI=1S/C15H25N3O5/c1-10(23-2)8-16-15(22)17-5-3-12(4-6-17)18-9-11(14(20)21)7-13(18)19/h10-12H,3-9H2,1-2H3,(H,16,22)(H,20,21)/t10-,11?/m0/s1. The first-order valence-corrected chi connectivity index (χ1v) is 8.00. The van der Waals surface area contributed by atoms with Gasteiger partial charge in [-0.15, -0.1) is 0 Å². The number of carbonyl (C=O) groups is 3.